The molecule has 1 heteroatoms. The summed E-state index contributed by atoms with van der Waals surface area (Å²) < 4.78 is 0. The van der Waals surface area contributed by atoms with Gasteiger partial charge in [0.05, 0.1) is 0 Å². The van der Waals surface area contributed by atoms with E-state index in [1.54, 1.807) is 0 Å². The summed E-state index contributed by atoms with van der Waals surface area (Å²) >= 11 is 0. The Hall–Kier alpha value is -1.08. The first kappa shape index (κ1) is 12.0. The Bertz CT molecular complexity index is 422. The molecule has 0 aliphatic heterocycles. The molecule has 0 spiro atoms. The number of fused-ring (bicyclic) bond motifs is 2. The van der Waals surface area contributed by atoms with Gasteiger partial charge in [0, 0.05) is 12.1 Å². The van der Waals surface area contributed by atoms with Gasteiger partial charge in [-0.05, 0) is 50.0 Å². The van der Waals surface area contributed by atoms with Gasteiger partial charge in [-0.2, -0.15) is 0 Å². The van der Waals surface area contributed by atoms with Crippen molar-refractivity contribution in [3.63, 3.8) is 0 Å². The van der Waals surface area contributed by atoms with Crippen LogP contribution in [0.4, 0.5) is 0 Å². The molecule has 5 atom stereocenters. The SMILES string of the molecule is CC(N[C@@H](C)c1ccccc1)C1CC2C=CC1C2. The van der Waals surface area contributed by atoms with Crippen LogP contribution in [0.25, 0.3) is 0 Å². The highest BCUT2D eigenvalue weighted by Crippen LogP contribution is 2.45. The van der Waals surface area contributed by atoms with Crippen LogP contribution in [-0.2, 0) is 0 Å². The first-order valence-corrected chi connectivity index (χ1v) is 7.23. The Morgan fingerprint density at radius 3 is 2.44 bits per heavy atom. The lowest BCUT2D eigenvalue weighted by molar-refractivity contribution is 0.307. The lowest BCUT2D eigenvalue weighted by atomic mass is 9.87. The summed E-state index contributed by atoms with van der Waals surface area (Å²) in [5.74, 6) is 2.54. The van der Waals surface area contributed by atoms with Crippen LogP contribution in [0.1, 0.15) is 38.3 Å². The maximum Gasteiger partial charge on any atom is 0.0294 e. The van der Waals surface area contributed by atoms with Crippen LogP contribution in [-0.4, -0.2) is 6.04 Å². The summed E-state index contributed by atoms with van der Waals surface area (Å²) in [6.45, 7) is 4.63. The van der Waals surface area contributed by atoms with Gasteiger partial charge in [0.25, 0.3) is 0 Å². The molecule has 2 bridgehead atoms. The summed E-state index contributed by atoms with van der Waals surface area (Å²) in [7, 11) is 0. The average Bonchev–Trinajstić information content (AvgIpc) is 3.02. The van der Waals surface area contributed by atoms with Crippen molar-refractivity contribution in [2.45, 2.75) is 38.8 Å². The lowest BCUT2D eigenvalue weighted by Gasteiger charge is -2.29. The first-order chi connectivity index (χ1) is 8.74. The molecular formula is C17H23N. The summed E-state index contributed by atoms with van der Waals surface area (Å²) in [6, 6.07) is 11.8. The van der Waals surface area contributed by atoms with E-state index in [9.17, 15) is 0 Å². The van der Waals surface area contributed by atoms with Gasteiger partial charge < -0.3 is 5.32 Å². The molecule has 3 rings (SSSR count). The molecule has 0 heterocycles. The van der Waals surface area contributed by atoms with Crippen LogP contribution < -0.4 is 5.32 Å². The maximum absolute atomic E-state index is 3.79. The quantitative estimate of drug-likeness (QED) is 0.787. The van der Waals surface area contributed by atoms with E-state index in [0.717, 1.165) is 17.8 Å². The van der Waals surface area contributed by atoms with Gasteiger partial charge >= 0.3 is 0 Å². The normalized spacial score (nSPS) is 32.7. The summed E-state index contributed by atoms with van der Waals surface area (Å²) in [5.41, 5.74) is 1.39. The van der Waals surface area contributed by atoms with Crippen LogP contribution in [0.3, 0.4) is 0 Å². The van der Waals surface area contributed by atoms with Gasteiger partial charge in [-0.1, -0.05) is 42.5 Å². The maximum atomic E-state index is 3.79. The van der Waals surface area contributed by atoms with Crippen LogP contribution in [0.15, 0.2) is 42.5 Å². The molecule has 1 fully saturated rings. The van der Waals surface area contributed by atoms with E-state index in [2.05, 4.69) is 61.6 Å². The largest absolute Gasteiger partial charge is 0.307 e. The number of rotatable bonds is 4. The van der Waals surface area contributed by atoms with E-state index in [-0.39, 0.29) is 0 Å². The van der Waals surface area contributed by atoms with E-state index in [1.165, 1.54) is 18.4 Å². The number of nitrogens with one attached hydrogen (secondary N) is 1. The number of allylic oxidation sites excluding steroid dienone is 2. The van der Waals surface area contributed by atoms with Crippen molar-refractivity contribution in [2.75, 3.05) is 0 Å². The Labute approximate surface area is 110 Å². The molecule has 2 aliphatic rings. The molecule has 0 aromatic heterocycles. The van der Waals surface area contributed by atoms with Gasteiger partial charge in [0.2, 0.25) is 0 Å². The minimum absolute atomic E-state index is 0.448. The van der Waals surface area contributed by atoms with Crippen molar-refractivity contribution in [1.29, 1.82) is 0 Å². The minimum Gasteiger partial charge on any atom is -0.307 e. The van der Waals surface area contributed by atoms with Gasteiger partial charge in [-0.3, -0.25) is 0 Å². The molecule has 0 saturated heterocycles. The van der Waals surface area contributed by atoms with Crippen LogP contribution in [0.2, 0.25) is 0 Å². The summed E-state index contributed by atoms with van der Waals surface area (Å²) in [6.07, 6.45) is 7.66. The first-order valence-electron chi connectivity index (χ1n) is 7.23. The Morgan fingerprint density at radius 2 is 1.83 bits per heavy atom. The summed E-state index contributed by atoms with van der Waals surface area (Å²) in [5, 5.41) is 3.79. The second-order valence-electron chi connectivity index (χ2n) is 6.03. The molecule has 2 aliphatic carbocycles. The number of hydrogen-bond acceptors (Lipinski definition) is 1. The third-order valence-electron chi connectivity index (χ3n) is 4.78. The summed E-state index contributed by atoms with van der Waals surface area (Å²) in [4.78, 5) is 0. The van der Waals surface area contributed by atoms with Crippen molar-refractivity contribution in [3.8, 4) is 0 Å². The number of hydrogen-bond donors (Lipinski definition) is 1. The molecule has 4 unspecified atom stereocenters. The molecule has 18 heavy (non-hydrogen) atoms. The van der Waals surface area contributed by atoms with E-state index < -0.39 is 0 Å². The molecule has 1 N–H and O–H groups in total. The van der Waals surface area contributed by atoms with E-state index in [4.69, 9.17) is 0 Å². The third kappa shape index (κ3) is 2.24. The van der Waals surface area contributed by atoms with Crippen LogP contribution >= 0.6 is 0 Å². The van der Waals surface area contributed by atoms with E-state index in [0.29, 0.717) is 12.1 Å². The second kappa shape index (κ2) is 4.89. The van der Waals surface area contributed by atoms with Gasteiger partial charge in [-0.25, -0.2) is 0 Å². The van der Waals surface area contributed by atoms with E-state index >= 15 is 0 Å². The second-order valence-corrected chi connectivity index (χ2v) is 6.03. The highest BCUT2D eigenvalue weighted by Gasteiger charge is 2.38. The van der Waals surface area contributed by atoms with Crippen LogP contribution in [0.5, 0.6) is 0 Å². The third-order valence-corrected chi connectivity index (χ3v) is 4.78. The minimum atomic E-state index is 0.448. The molecule has 0 amide bonds. The fraction of sp³-hybridized carbons (Fsp3) is 0.529. The molecule has 1 aromatic carbocycles. The van der Waals surface area contributed by atoms with Gasteiger partial charge in [0.1, 0.15) is 0 Å². The lowest BCUT2D eigenvalue weighted by Crippen LogP contribution is -2.37. The molecular weight excluding hydrogens is 218 g/mol. The highest BCUT2D eigenvalue weighted by atomic mass is 14.9. The molecule has 1 saturated carbocycles. The fourth-order valence-corrected chi connectivity index (χ4v) is 3.75. The Balaban J connectivity index is 1.61. The van der Waals surface area contributed by atoms with Gasteiger partial charge in [0.15, 0.2) is 0 Å². The number of benzene rings is 1. The molecule has 1 nitrogen and oxygen atoms in total. The monoisotopic (exact) mass is 241 g/mol. The highest BCUT2D eigenvalue weighted by molar-refractivity contribution is 5.19. The Morgan fingerprint density at radius 1 is 1.06 bits per heavy atom. The predicted molar refractivity (Wildman–Crippen MR) is 76.3 cm³/mol. The van der Waals surface area contributed by atoms with Crippen molar-refractivity contribution < 1.29 is 0 Å². The molecule has 96 valence electrons. The zero-order valence-corrected chi connectivity index (χ0v) is 11.3. The zero-order chi connectivity index (χ0) is 12.5. The van der Waals surface area contributed by atoms with Crippen molar-refractivity contribution in [3.05, 3.63) is 48.0 Å². The smallest absolute Gasteiger partial charge is 0.0294 e. The van der Waals surface area contributed by atoms with Crippen molar-refractivity contribution in [1.82, 2.24) is 5.32 Å². The zero-order valence-electron chi connectivity index (χ0n) is 11.3. The Kier molecular flexibility index (Phi) is 3.25. The van der Waals surface area contributed by atoms with Crippen molar-refractivity contribution in [2.24, 2.45) is 17.8 Å². The van der Waals surface area contributed by atoms with Gasteiger partial charge in [-0.15, -0.1) is 0 Å². The van der Waals surface area contributed by atoms with E-state index in [1.807, 2.05) is 0 Å². The topological polar surface area (TPSA) is 12.0 Å². The molecule has 1 aromatic rings. The van der Waals surface area contributed by atoms with Crippen molar-refractivity contribution >= 4 is 0 Å². The standard InChI is InChI=1S/C17H23N/c1-12(15-6-4-3-5-7-15)18-13(2)17-11-14-8-9-16(17)10-14/h3-9,12-14,16-18H,10-11H2,1-2H3/t12-,13?,14?,16?,17?/m0/s1. The predicted octanol–water partition coefficient (Wildman–Crippen LogP) is 3.94. The fourth-order valence-electron chi connectivity index (χ4n) is 3.75. The van der Waals surface area contributed by atoms with Crippen LogP contribution in [0, 0.1) is 17.8 Å². The average molecular weight is 241 g/mol. The molecule has 0 radical (unpaired) electrons.